The molecule has 25 heavy (non-hydrogen) atoms. The van der Waals surface area contributed by atoms with Gasteiger partial charge >= 0.3 is 5.97 Å². The maximum absolute atomic E-state index is 12.2. The van der Waals surface area contributed by atoms with E-state index in [1.54, 1.807) is 6.33 Å². The van der Waals surface area contributed by atoms with Crippen LogP contribution in [-0.4, -0.2) is 45.8 Å². The van der Waals surface area contributed by atoms with Crippen LogP contribution in [0.25, 0.3) is 0 Å². The number of nitrogens with zero attached hydrogens (tertiary/aromatic N) is 4. The minimum absolute atomic E-state index is 0.112. The van der Waals surface area contributed by atoms with Crippen LogP contribution in [0.2, 0.25) is 0 Å². The molecule has 1 aromatic heterocycles. The third-order valence-corrected chi connectivity index (χ3v) is 4.83. The molecular weight excluding hydrogens is 316 g/mol. The van der Waals surface area contributed by atoms with Crippen molar-refractivity contribution in [3.63, 3.8) is 0 Å². The largest absolute Gasteiger partial charge is 0.469 e. The van der Waals surface area contributed by atoms with Gasteiger partial charge in [-0.25, -0.2) is 9.67 Å². The summed E-state index contributed by atoms with van der Waals surface area (Å²) >= 11 is 0. The predicted octanol–water partition coefficient (Wildman–Crippen LogP) is 2.64. The van der Waals surface area contributed by atoms with Gasteiger partial charge in [0.2, 0.25) is 0 Å². The molecule has 1 aliphatic rings. The average molecular weight is 342 g/mol. The molecule has 6 nitrogen and oxygen atoms in total. The van der Waals surface area contributed by atoms with Gasteiger partial charge in [-0.3, -0.25) is 9.69 Å². The van der Waals surface area contributed by atoms with E-state index in [9.17, 15) is 4.79 Å². The first-order chi connectivity index (χ1) is 12.1. The molecule has 0 spiro atoms. The number of methoxy groups -OCH3 is 1. The molecule has 1 aromatic carbocycles. The Hall–Kier alpha value is -2.21. The molecule has 1 fully saturated rings. The summed E-state index contributed by atoms with van der Waals surface area (Å²) in [5.74, 6) is 1.01. The molecule has 2 atom stereocenters. The number of carbonyl (C=O) groups is 1. The first-order valence-electron chi connectivity index (χ1n) is 8.82. The number of hydrogen-bond acceptors (Lipinski definition) is 5. The van der Waals surface area contributed by atoms with Gasteiger partial charge in [-0.2, -0.15) is 5.10 Å². The van der Waals surface area contributed by atoms with Gasteiger partial charge in [0.1, 0.15) is 12.2 Å². The minimum Gasteiger partial charge on any atom is -0.469 e. The molecule has 1 saturated heterocycles. The molecule has 0 bridgehead atoms. The van der Waals surface area contributed by atoms with E-state index in [0.29, 0.717) is 19.0 Å². The lowest BCUT2D eigenvalue weighted by molar-refractivity contribution is -0.147. The van der Waals surface area contributed by atoms with Crippen molar-refractivity contribution in [3.05, 3.63) is 48.0 Å². The summed E-state index contributed by atoms with van der Waals surface area (Å²) in [6, 6.07) is 10.7. The molecule has 3 rings (SSSR count). The summed E-state index contributed by atoms with van der Waals surface area (Å²) in [6.45, 7) is 6.48. The maximum atomic E-state index is 12.2. The predicted molar refractivity (Wildman–Crippen MR) is 95.0 cm³/mol. The minimum atomic E-state index is -0.129. The average Bonchev–Trinajstić information content (AvgIpc) is 3.10. The second-order valence-electron chi connectivity index (χ2n) is 6.97. The van der Waals surface area contributed by atoms with Gasteiger partial charge in [0.05, 0.1) is 19.6 Å². The highest BCUT2D eigenvalue weighted by atomic mass is 16.5. The lowest BCUT2D eigenvalue weighted by Gasteiger charge is -2.36. The molecule has 6 heteroatoms. The van der Waals surface area contributed by atoms with E-state index >= 15 is 0 Å². The van der Waals surface area contributed by atoms with Crippen LogP contribution in [0.5, 0.6) is 0 Å². The van der Waals surface area contributed by atoms with Crippen molar-refractivity contribution < 1.29 is 9.53 Å². The summed E-state index contributed by atoms with van der Waals surface area (Å²) in [4.78, 5) is 18.9. The highest BCUT2D eigenvalue weighted by molar-refractivity contribution is 5.72. The van der Waals surface area contributed by atoms with E-state index in [4.69, 9.17) is 4.74 Å². The van der Waals surface area contributed by atoms with Gasteiger partial charge in [0.25, 0.3) is 0 Å². The summed E-state index contributed by atoms with van der Waals surface area (Å²) in [5.41, 5.74) is 1.27. The Balaban J connectivity index is 1.80. The monoisotopic (exact) mass is 342 g/mol. The van der Waals surface area contributed by atoms with Crippen LogP contribution in [0.4, 0.5) is 0 Å². The number of piperidine rings is 1. The van der Waals surface area contributed by atoms with Crippen LogP contribution in [0.15, 0.2) is 36.7 Å². The molecule has 0 aliphatic carbocycles. The zero-order valence-corrected chi connectivity index (χ0v) is 15.1. The molecule has 1 aliphatic heterocycles. The molecule has 0 N–H and O–H groups in total. The van der Waals surface area contributed by atoms with Crippen molar-refractivity contribution in [3.8, 4) is 0 Å². The molecule has 0 radical (unpaired) electrons. The van der Waals surface area contributed by atoms with Crippen LogP contribution in [-0.2, 0) is 16.1 Å². The van der Waals surface area contributed by atoms with Crippen molar-refractivity contribution in [2.45, 2.75) is 38.8 Å². The van der Waals surface area contributed by atoms with Gasteiger partial charge in [-0.15, -0.1) is 0 Å². The Bertz CT molecular complexity index is 698. The molecule has 0 unspecified atom stereocenters. The number of rotatable bonds is 5. The molecule has 134 valence electrons. The van der Waals surface area contributed by atoms with Crippen molar-refractivity contribution >= 4 is 5.97 Å². The number of aromatic nitrogens is 3. The third-order valence-electron chi connectivity index (χ3n) is 4.83. The van der Waals surface area contributed by atoms with Crippen LogP contribution in [0.3, 0.4) is 0 Å². The summed E-state index contributed by atoms with van der Waals surface area (Å²) < 4.78 is 6.96. The summed E-state index contributed by atoms with van der Waals surface area (Å²) in [6.07, 6.45) is 2.43. The molecule has 0 saturated carbocycles. The first kappa shape index (κ1) is 17.6. The zero-order chi connectivity index (χ0) is 17.8. The number of esters is 1. The van der Waals surface area contributed by atoms with E-state index < -0.39 is 0 Å². The lowest BCUT2D eigenvalue weighted by atomic mass is 9.84. The quantitative estimate of drug-likeness (QED) is 0.782. The highest BCUT2D eigenvalue weighted by Crippen LogP contribution is 2.31. The fraction of sp³-hybridized carbons (Fsp3) is 0.526. The van der Waals surface area contributed by atoms with Crippen LogP contribution < -0.4 is 0 Å². The van der Waals surface area contributed by atoms with Crippen LogP contribution in [0, 0.1) is 5.92 Å². The SMILES string of the molecule is COC(=O)[C@H]1C[C@H](c2ccccc2)CN(Cc2ncnn2C(C)C)C1. The van der Waals surface area contributed by atoms with Crippen molar-refractivity contribution in [1.82, 2.24) is 19.7 Å². The van der Waals surface area contributed by atoms with Gasteiger partial charge < -0.3 is 4.74 Å². The zero-order valence-electron chi connectivity index (χ0n) is 15.1. The Kier molecular flexibility index (Phi) is 5.48. The second-order valence-corrected chi connectivity index (χ2v) is 6.97. The van der Waals surface area contributed by atoms with Crippen molar-refractivity contribution in [2.24, 2.45) is 5.92 Å². The van der Waals surface area contributed by atoms with Gasteiger partial charge in [-0.05, 0) is 31.7 Å². The van der Waals surface area contributed by atoms with Gasteiger partial charge in [0, 0.05) is 19.1 Å². The maximum Gasteiger partial charge on any atom is 0.309 e. The Morgan fingerprint density at radius 3 is 2.72 bits per heavy atom. The summed E-state index contributed by atoms with van der Waals surface area (Å²) in [5, 5.41) is 4.32. The highest BCUT2D eigenvalue weighted by Gasteiger charge is 2.33. The van der Waals surface area contributed by atoms with Crippen molar-refractivity contribution in [2.75, 3.05) is 20.2 Å². The number of ether oxygens (including phenoxy) is 1. The second kappa shape index (κ2) is 7.78. The molecular formula is C19H26N4O2. The van der Waals surface area contributed by atoms with Gasteiger partial charge in [0.15, 0.2) is 0 Å². The fourth-order valence-corrected chi connectivity index (χ4v) is 3.64. The van der Waals surface area contributed by atoms with E-state index in [1.165, 1.54) is 12.7 Å². The molecule has 2 aromatic rings. The topological polar surface area (TPSA) is 60.2 Å². The Morgan fingerprint density at radius 2 is 2.04 bits per heavy atom. The molecule has 2 heterocycles. The number of benzene rings is 1. The van der Waals surface area contributed by atoms with Crippen molar-refractivity contribution in [1.29, 1.82) is 0 Å². The number of hydrogen-bond donors (Lipinski definition) is 0. The smallest absolute Gasteiger partial charge is 0.309 e. The van der Waals surface area contributed by atoms with E-state index in [-0.39, 0.29) is 17.9 Å². The van der Waals surface area contributed by atoms with E-state index in [2.05, 4.69) is 53.1 Å². The van der Waals surface area contributed by atoms with E-state index in [0.717, 1.165) is 18.8 Å². The number of likely N-dealkylation sites (tertiary alicyclic amines) is 1. The Labute approximate surface area is 148 Å². The normalized spacial score (nSPS) is 21.4. The first-order valence-corrected chi connectivity index (χ1v) is 8.82. The Morgan fingerprint density at radius 1 is 1.28 bits per heavy atom. The summed E-state index contributed by atoms with van der Waals surface area (Å²) in [7, 11) is 1.47. The fourth-order valence-electron chi connectivity index (χ4n) is 3.64. The van der Waals surface area contributed by atoms with Gasteiger partial charge in [-0.1, -0.05) is 30.3 Å². The lowest BCUT2D eigenvalue weighted by Crippen LogP contribution is -2.42. The standard InChI is InChI=1S/C19H26N4O2/c1-14(2)23-18(20-13-21-23)12-22-10-16(15-7-5-4-6-8-15)9-17(11-22)19(24)25-3/h4-8,13-14,16-17H,9-12H2,1-3H3/t16-,17-/m0/s1. The molecule has 0 amide bonds. The van der Waals surface area contributed by atoms with Crippen LogP contribution >= 0.6 is 0 Å². The van der Waals surface area contributed by atoms with Crippen LogP contribution in [0.1, 0.15) is 43.6 Å². The third kappa shape index (κ3) is 4.07. The van der Waals surface area contributed by atoms with E-state index in [1.807, 2.05) is 10.7 Å². The number of carbonyl (C=O) groups excluding carboxylic acids is 1.